The number of hydrogen-bond donors (Lipinski definition) is 2. The van der Waals surface area contributed by atoms with Gasteiger partial charge in [0, 0.05) is 17.0 Å². The first-order valence-corrected chi connectivity index (χ1v) is 9.95. The summed E-state index contributed by atoms with van der Waals surface area (Å²) in [5.74, 6) is -0.805. The molecule has 2 aliphatic rings. The highest BCUT2D eigenvalue weighted by atomic mass is 35.5. The third kappa shape index (κ3) is 3.49. The van der Waals surface area contributed by atoms with Crippen LogP contribution in [0.25, 0.3) is 0 Å². The number of urea groups is 1. The maximum absolute atomic E-state index is 12.9. The lowest BCUT2D eigenvalue weighted by Gasteiger charge is -2.22. The second-order valence-electron chi connectivity index (χ2n) is 7.85. The molecule has 1 saturated carbocycles. The molecule has 1 atom stereocenters. The van der Waals surface area contributed by atoms with Gasteiger partial charge in [0.05, 0.1) is 0 Å². The fourth-order valence-corrected chi connectivity index (χ4v) is 4.19. The predicted molar refractivity (Wildman–Crippen MR) is 109 cm³/mol. The van der Waals surface area contributed by atoms with E-state index in [4.69, 9.17) is 11.6 Å². The Hall–Kier alpha value is -2.86. The molecular formula is C22H22ClN3O3. The van der Waals surface area contributed by atoms with E-state index in [0.29, 0.717) is 17.1 Å². The van der Waals surface area contributed by atoms with Crippen molar-refractivity contribution in [1.29, 1.82) is 0 Å². The largest absolute Gasteiger partial charge is 0.354 e. The van der Waals surface area contributed by atoms with Crippen LogP contribution in [0, 0.1) is 0 Å². The van der Waals surface area contributed by atoms with Crippen LogP contribution in [0.3, 0.4) is 0 Å². The quantitative estimate of drug-likeness (QED) is 0.717. The van der Waals surface area contributed by atoms with Crippen molar-refractivity contribution in [3.8, 4) is 0 Å². The van der Waals surface area contributed by atoms with Gasteiger partial charge in [0.1, 0.15) is 12.1 Å². The van der Waals surface area contributed by atoms with E-state index in [2.05, 4.69) is 10.6 Å². The van der Waals surface area contributed by atoms with Crippen molar-refractivity contribution in [1.82, 2.24) is 15.5 Å². The standard InChI is InChI=1S/C22H22ClN3O3/c1-21(15-7-3-2-4-8-15)19(28)26(20(29)25-21)13-18(27)24-14-22(11-12-22)16-9-5-6-10-17(16)23/h2-10H,11-14H2,1H3,(H,24,27)(H,25,29)/t21-/m0/s1. The highest BCUT2D eigenvalue weighted by Crippen LogP contribution is 2.49. The molecule has 2 aromatic carbocycles. The highest BCUT2D eigenvalue weighted by Gasteiger charge is 2.50. The number of nitrogens with zero attached hydrogens (tertiary/aromatic N) is 1. The number of rotatable bonds is 6. The topological polar surface area (TPSA) is 78.5 Å². The number of carbonyl (C=O) groups is 3. The molecule has 1 aliphatic heterocycles. The van der Waals surface area contributed by atoms with Gasteiger partial charge >= 0.3 is 6.03 Å². The zero-order valence-electron chi connectivity index (χ0n) is 16.1. The van der Waals surface area contributed by atoms with Crippen molar-refractivity contribution >= 4 is 29.4 Å². The van der Waals surface area contributed by atoms with Crippen LogP contribution in [0.4, 0.5) is 4.79 Å². The average Bonchev–Trinajstić information content (AvgIpc) is 3.47. The van der Waals surface area contributed by atoms with Crippen molar-refractivity contribution in [2.75, 3.05) is 13.1 Å². The van der Waals surface area contributed by atoms with E-state index in [1.165, 1.54) is 0 Å². The monoisotopic (exact) mass is 411 g/mol. The minimum Gasteiger partial charge on any atom is -0.354 e. The van der Waals surface area contributed by atoms with E-state index < -0.39 is 17.5 Å². The van der Waals surface area contributed by atoms with Gasteiger partial charge in [-0.05, 0) is 37.0 Å². The molecule has 150 valence electrons. The first kappa shape index (κ1) is 19.5. The van der Waals surface area contributed by atoms with E-state index in [9.17, 15) is 14.4 Å². The molecule has 1 aliphatic carbocycles. The molecule has 1 heterocycles. The molecule has 1 saturated heterocycles. The molecule has 6 nitrogen and oxygen atoms in total. The van der Waals surface area contributed by atoms with Crippen LogP contribution in [0.2, 0.25) is 5.02 Å². The van der Waals surface area contributed by atoms with Gasteiger partial charge in [0.15, 0.2) is 0 Å². The second kappa shape index (κ2) is 7.19. The molecule has 0 unspecified atom stereocenters. The van der Waals surface area contributed by atoms with Crippen molar-refractivity contribution in [2.24, 2.45) is 0 Å². The molecular weight excluding hydrogens is 390 g/mol. The number of halogens is 1. The summed E-state index contributed by atoms with van der Waals surface area (Å²) in [4.78, 5) is 38.8. The Morgan fingerprint density at radius 1 is 1.10 bits per heavy atom. The molecule has 4 amide bonds. The molecule has 2 N–H and O–H groups in total. The van der Waals surface area contributed by atoms with Gasteiger partial charge in [-0.2, -0.15) is 0 Å². The molecule has 4 rings (SSSR count). The van der Waals surface area contributed by atoms with Crippen LogP contribution in [0.5, 0.6) is 0 Å². The molecule has 29 heavy (non-hydrogen) atoms. The SMILES string of the molecule is C[C@@]1(c2ccccc2)NC(=O)N(CC(=O)NCC2(c3ccccc3Cl)CC2)C1=O. The number of nitrogens with one attached hydrogen (secondary N) is 2. The van der Waals surface area contributed by atoms with Crippen molar-refractivity contribution in [3.63, 3.8) is 0 Å². The smallest absolute Gasteiger partial charge is 0.325 e. The Bertz CT molecular complexity index is 974. The van der Waals surface area contributed by atoms with Crippen LogP contribution in [0.15, 0.2) is 54.6 Å². The van der Waals surface area contributed by atoms with E-state index >= 15 is 0 Å². The maximum Gasteiger partial charge on any atom is 0.325 e. The number of benzene rings is 2. The first-order chi connectivity index (χ1) is 13.9. The lowest BCUT2D eigenvalue weighted by Crippen LogP contribution is -2.44. The van der Waals surface area contributed by atoms with Gasteiger partial charge in [-0.25, -0.2) is 4.79 Å². The van der Waals surface area contributed by atoms with Gasteiger partial charge in [-0.3, -0.25) is 14.5 Å². The van der Waals surface area contributed by atoms with Gasteiger partial charge in [0.25, 0.3) is 5.91 Å². The van der Waals surface area contributed by atoms with E-state index in [0.717, 1.165) is 23.3 Å². The van der Waals surface area contributed by atoms with Crippen molar-refractivity contribution in [2.45, 2.75) is 30.7 Å². The van der Waals surface area contributed by atoms with Gasteiger partial charge < -0.3 is 10.6 Å². The third-order valence-electron chi connectivity index (χ3n) is 5.85. The van der Waals surface area contributed by atoms with Crippen LogP contribution >= 0.6 is 11.6 Å². The summed E-state index contributed by atoms with van der Waals surface area (Å²) in [5, 5.41) is 6.27. The Kier molecular flexibility index (Phi) is 4.82. The minimum absolute atomic E-state index is 0.163. The van der Waals surface area contributed by atoms with Gasteiger partial charge in [-0.15, -0.1) is 0 Å². The average molecular weight is 412 g/mol. The lowest BCUT2D eigenvalue weighted by molar-refractivity contribution is -0.134. The Labute approximate surface area is 174 Å². The van der Waals surface area contributed by atoms with E-state index in [1.54, 1.807) is 31.2 Å². The normalized spacial score (nSPS) is 22.3. The first-order valence-electron chi connectivity index (χ1n) is 9.57. The molecule has 0 aromatic heterocycles. The predicted octanol–water partition coefficient (Wildman–Crippen LogP) is 2.96. The minimum atomic E-state index is -1.17. The van der Waals surface area contributed by atoms with Crippen LogP contribution < -0.4 is 10.6 Å². The lowest BCUT2D eigenvalue weighted by atomic mass is 9.92. The van der Waals surface area contributed by atoms with E-state index in [-0.39, 0.29) is 17.9 Å². The Morgan fingerprint density at radius 2 is 1.76 bits per heavy atom. The number of amides is 4. The molecule has 7 heteroatoms. The zero-order valence-corrected chi connectivity index (χ0v) is 16.8. The summed E-state index contributed by atoms with van der Waals surface area (Å²) >= 11 is 6.31. The summed E-state index contributed by atoms with van der Waals surface area (Å²) in [7, 11) is 0. The maximum atomic E-state index is 12.9. The zero-order chi connectivity index (χ0) is 20.6. The molecule has 0 spiro atoms. The van der Waals surface area contributed by atoms with Gasteiger partial charge in [0.2, 0.25) is 5.91 Å². The fourth-order valence-electron chi connectivity index (χ4n) is 3.86. The molecule has 0 radical (unpaired) electrons. The number of carbonyl (C=O) groups excluding carboxylic acids is 3. The molecule has 2 aromatic rings. The summed E-state index contributed by atoms with van der Waals surface area (Å²) in [6.07, 6.45) is 1.87. The van der Waals surface area contributed by atoms with Crippen LogP contribution in [0.1, 0.15) is 30.9 Å². The van der Waals surface area contributed by atoms with Crippen LogP contribution in [-0.2, 0) is 20.5 Å². The third-order valence-corrected chi connectivity index (χ3v) is 6.18. The highest BCUT2D eigenvalue weighted by molar-refractivity contribution is 6.31. The number of hydrogen-bond acceptors (Lipinski definition) is 3. The van der Waals surface area contributed by atoms with Crippen molar-refractivity contribution < 1.29 is 14.4 Å². The fraction of sp³-hybridized carbons (Fsp3) is 0.318. The summed E-state index contributed by atoms with van der Waals surface area (Å²) < 4.78 is 0. The second-order valence-corrected chi connectivity index (χ2v) is 8.26. The van der Waals surface area contributed by atoms with Gasteiger partial charge in [-0.1, -0.05) is 60.1 Å². The summed E-state index contributed by atoms with van der Waals surface area (Å²) in [6.45, 7) is 1.76. The summed E-state index contributed by atoms with van der Waals surface area (Å²) in [6, 6.07) is 16.1. The molecule has 0 bridgehead atoms. The van der Waals surface area contributed by atoms with Crippen molar-refractivity contribution in [3.05, 3.63) is 70.7 Å². The Balaban J connectivity index is 1.41. The van der Waals surface area contributed by atoms with E-state index in [1.807, 2.05) is 30.3 Å². The van der Waals surface area contributed by atoms with Crippen LogP contribution in [-0.4, -0.2) is 35.8 Å². The molecule has 2 fully saturated rings. The summed E-state index contributed by atoms with van der Waals surface area (Å²) in [5.41, 5.74) is 0.364. The number of imide groups is 1. The Morgan fingerprint density at radius 3 is 2.41 bits per heavy atom.